The molecule has 2 N–H and O–H groups in total. The Morgan fingerprint density at radius 1 is 0.682 bits per heavy atom. The molecule has 0 aliphatic heterocycles. The summed E-state index contributed by atoms with van der Waals surface area (Å²) >= 11 is 0. The van der Waals surface area contributed by atoms with Crippen molar-refractivity contribution in [3.05, 3.63) is 69.8 Å². The molecule has 0 atom stereocenters. The molecule has 0 fully saturated rings. The van der Waals surface area contributed by atoms with Crippen LogP contribution in [0, 0.1) is 0 Å². The minimum atomic E-state index is -0.908. The predicted octanol–water partition coefficient (Wildman–Crippen LogP) is 2.97. The van der Waals surface area contributed by atoms with E-state index < -0.39 is 11.9 Å². The smallest absolute Gasteiger partial charge is 0.335 e. The summed E-state index contributed by atoms with van der Waals surface area (Å²) in [6.45, 7) is 0. The van der Waals surface area contributed by atoms with E-state index in [2.05, 4.69) is 0 Å². The van der Waals surface area contributed by atoms with Crippen LogP contribution in [0.1, 0.15) is 43.0 Å². The van der Waals surface area contributed by atoms with Gasteiger partial charge in [0, 0.05) is 0 Å². The fourth-order valence-corrected chi connectivity index (χ4v) is 2.95. The summed E-state index contributed by atoms with van der Waals surface area (Å²) in [7, 11) is 0. The van der Waals surface area contributed by atoms with Crippen molar-refractivity contribution in [2.24, 2.45) is 0 Å². The molecule has 0 unspecified atom stereocenters. The SMILES string of the molecule is O=C(O)c1cc2ccc1CCc1ccc(c(C(=O)O)c1)CC2. The van der Waals surface area contributed by atoms with Gasteiger partial charge in [-0.3, -0.25) is 0 Å². The van der Waals surface area contributed by atoms with Gasteiger partial charge in [0.2, 0.25) is 0 Å². The van der Waals surface area contributed by atoms with Gasteiger partial charge in [-0.05, 0) is 60.1 Å². The zero-order valence-electron chi connectivity index (χ0n) is 12.0. The second-order valence-electron chi connectivity index (χ2n) is 5.59. The molecule has 0 amide bonds. The quantitative estimate of drug-likeness (QED) is 0.893. The molecule has 0 spiro atoms. The van der Waals surface area contributed by atoms with Crippen LogP contribution in [0.2, 0.25) is 0 Å². The Balaban J connectivity index is 2.07. The van der Waals surface area contributed by atoms with Gasteiger partial charge in [-0.25, -0.2) is 9.59 Å². The summed E-state index contributed by atoms with van der Waals surface area (Å²) in [6, 6.07) is 11.1. The highest BCUT2D eigenvalue weighted by Crippen LogP contribution is 2.21. The number of benzene rings is 2. The van der Waals surface area contributed by atoms with Crippen LogP contribution in [-0.4, -0.2) is 22.2 Å². The third-order valence-corrected chi connectivity index (χ3v) is 4.18. The van der Waals surface area contributed by atoms with E-state index in [1.807, 2.05) is 24.3 Å². The Bertz CT molecular complexity index is 696. The molecule has 0 radical (unpaired) electrons. The van der Waals surface area contributed by atoms with Crippen molar-refractivity contribution in [1.29, 1.82) is 0 Å². The molecular weight excluding hydrogens is 280 g/mol. The van der Waals surface area contributed by atoms with Gasteiger partial charge in [0.1, 0.15) is 0 Å². The number of hydrogen-bond donors (Lipinski definition) is 2. The third-order valence-electron chi connectivity index (χ3n) is 4.18. The largest absolute Gasteiger partial charge is 0.478 e. The first-order valence-corrected chi connectivity index (χ1v) is 7.25. The van der Waals surface area contributed by atoms with Crippen molar-refractivity contribution in [2.75, 3.05) is 0 Å². The fourth-order valence-electron chi connectivity index (χ4n) is 2.95. The molecule has 4 nitrogen and oxygen atoms in total. The second kappa shape index (κ2) is 5.64. The summed E-state index contributed by atoms with van der Waals surface area (Å²) < 4.78 is 0. The van der Waals surface area contributed by atoms with Crippen LogP contribution >= 0.6 is 0 Å². The molecular formula is C18H16O4. The number of aromatic carboxylic acids is 2. The maximum absolute atomic E-state index is 11.4. The average molecular weight is 296 g/mol. The van der Waals surface area contributed by atoms with Crippen LogP contribution in [0.15, 0.2) is 36.4 Å². The predicted molar refractivity (Wildman–Crippen MR) is 81.6 cm³/mol. The number of hydrogen-bond acceptors (Lipinski definition) is 2. The second-order valence-corrected chi connectivity index (χ2v) is 5.59. The van der Waals surface area contributed by atoms with E-state index in [-0.39, 0.29) is 0 Å². The molecule has 0 saturated heterocycles. The molecule has 112 valence electrons. The molecule has 0 saturated carbocycles. The molecule has 22 heavy (non-hydrogen) atoms. The first kappa shape index (κ1) is 14.3. The van der Waals surface area contributed by atoms with Crippen LogP contribution in [-0.2, 0) is 25.7 Å². The zero-order valence-corrected chi connectivity index (χ0v) is 12.0. The summed E-state index contributed by atoms with van der Waals surface area (Å²) in [4.78, 5) is 22.8. The first-order chi connectivity index (χ1) is 10.5. The van der Waals surface area contributed by atoms with Crippen LogP contribution < -0.4 is 0 Å². The van der Waals surface area contributed by atoms with Gasteiger partial charge in [0.05, 0.1) is 11.1 Å². The number of carboxylic acids is 2. The normalized spacial score (nSPS) is 13.5. The Kier molecular flexibility index (Phi) is 3.67. The fraction of sp³-hybridized carbons (Fsp3) is 0.222. The number of carbonyl (C=O) groups is 2. The van der Waals surface area contributed by atoms with E-state index in [9.17, 15) is 19.8 Å². The van der Waals surface area contributed by atoms with Gasteiger partial charge in [-0.1, -0.05) is 24.3 Å². The van der Waals surface area contributed by atoms with Crippen LogP contribution in [0.3, 0.4) is 0 Å². The van der Waals surface area contributed by atoms with Crippen LogP contribution in [0.5, 0.6) is 0 Å². The first-order valence-electron chi connectivity index (χ1n) is 7.25. The lowest BCUT2D eigenvalue weighted by Crippen LogP contribution is -2.09. The number of aryl methyl sites for hydroxylation is 4. The lowest BCUT2D eigenvalue weighted by Gasteiger charge is -2.14. The molecule has 0 heterocycles. The van der Waals surface area contributed by atoms with Crippen molar-refractivity contribution in [3.63, 3.8) is 0 Å². The molecule has 2 aromatic rings. The van der Waals surface area contributed by atoms with Crippen LogP contribution in [0.4, 0.5) is 0 Å². The van der Waals surface area contributed by atoms with E-state index in [0.29, 0.717) is 36.8 Å². The molecule has 4 heteroatoms. The molecule has 4 aliphatic rings. The monoisotopic (exact) mass is 296 g/mol. The van der Waals surface area contributed by atoms with Crippen LogP contribution in [0.25, 0.3) is 0 Å². The highest BCUT2D eigenvalue weighted by Gasteiger charge is 2.16. The van der Waals surface area contributed by atoms with Gasteiger partial charge >= 0.3 is 11.9 Å². The minimum absolute atomic E-state index is 0.353. The van der Waals surface area contributed by atoms with E-state index in [1.165, 1.54) is 0 Å². The van der Waals surface area contributed by atoms with Crippen molar-refractivity contribution < 1.29 is 19.8 Å². The summed E-state index contributed by atoms with van der Waals surface area (Å²) in [5.41, 5.74) is 4.12. The highest BCUT2D eigenvalue weighted by atomic mass is 16.4. The van der Waals surface area contributed by atoms with Gasteiger partial charge in [0.15, 0.2) is 0 Å². The lowest BCUT2D eigenvalue weighted by molar-refractivity contribution is 0.0685. The summed E-state index contributed by atoms with van der Waals surface area (Å²) in [5.74, 6) is -1.82. The van der Waals surface area contributed by atoms with Gasteiger partial charge in [0.25, 0.3) is 0 Å². The Morgan fingerprint density at radius 3 is 1.45 bits per heavy atom. The molecule has 0 aromatic heterocycles. The Hall–Kier alpha value is -2.62. The Morgan fingerprint density at radius 2 is 1.09 bits per heavy atom. The molecule has 6 rings (SSSR count). The maximum atomic E-state index is 11.4. The van der Waals surface area contributed by atoms with Gasteiger partial charge in [-0.15, -0.1) is 0 Å². The van der Waals surface area contributed by atoms with Gasteiger partial charge < -0.3 is 10.2 Å². The third kappa shape index (κ3) is 2.72. The van der Waals surface area contributed by atoms with Crippen molar-refractivity contribution >= 4 is 11.9 Å². The van der Waals surface area contributed by atoms with Crippen molar-refractivity contribution in [3.8, 4) is 0 Å². The number of carboxylic acid groups (broad SMARTS) is 2. The lowest BCUT2D eigenvalue weighted by atomic mass is 9.91. The highest BCUT2D eigenvalue weighted by molar-refractivity contribution is 5.90. The topological polar surface area (TPSA) is 74.6 Å². The molecule has 4 bridgehead atoms. The van der Waals surface area contributed by atoms with E-state index >= 15 is 0 Å². The maximum Gasteiger partial charge on any atom is 0.335 e. The summed E-state index contributed by atoms with van der Waals surface area (Å²) in [6.07, 6.45) is 2.42. The van der Waals surface area contributed by atoms with Crippen molar-refractivity contribution in [2.45, 2.75) is 25.7 Å². The minimum Gasteiger partial charge on any atom is -0.478 e. The van der Waals surface area contributed by atoms with Gasteiger partial charge in [-0.2, -0.15) is 0 Å². The number of rotatable bonds is 2. The molecule has 4 aliphatic carbocycles. The standard InChI is InChI=1S/C18H16O4/c19-17(20)15-9-11-1-5-13(15)8-4-12-2-6-14(7-3-11)16(10-12)18(21)22/h1-2,5-6,9-10H,3-4,7-8H2,(H,19,20)(H,21,22). The van der Waals surface area contributed by atoms with Crippen molar-refractivity contribution in [1.82, 2.24) is 0 Å². The zero-order chi connectivity index (χ0) is 15.7. The summed E-state index contributed by atoms with van der Waals surface area (Å²) in [5, 5.41) is 18.7. The van der Waals surface area contributed by atoms with E-state index in [1.54, 1.807) is 12.1 Å². The molecule has 2 aromatic carbocycles. The average Bonchev–Trinajstić information content (AvgIpc) is 2.49. The van der Waals surface area contributed by atoms with E-state index in [0.717, 1.165) is 22.3 Å². The Labute approximate surface area is 128 Å². The van der Waals surface area contributed by atoms with E-state index in [4.69, 9.17) is 0 Å².